The van der Waals surface area contributed by atoms with E-state index < -0.39 is 26.7 Å². The van der Waals surface area contributed by atoms with E-state index in [0.29, 0.717) is 24.7 Å². The van der Waals surface area contributed by atoms with Gasteiger partial charge < -0.3 is 9.15 Å². The van der Waals surface area contributed by atoms with Crippen molar-refractivity contribution < 1.29 is 26.8 Å². The molecule has 2 heterocycles. The average molecular weight is 459 g/mol. The normalized spacial score (nSPS) is 14.9. The number of aryl methyl sites for hydroxylation is 1. The third-order valence-electron chi connectivity index (χ3n) is 5.30. The van der Waals surface area contributed by atoms with Crippen molar-refractivity contribution in [3.8, 4) is 11.5 Å². The largest absolute Gasteiger partial charge is 0.455 e. The van der Waals surface area contributed by atoms with Crippen molar-refractivity contribution >= 4 is 16.0 Å². The monoisotopic (exact) mass is 458 g/mol. The van der Waals surface area contributed by atoms with Crippen molar-refractivity contribution in [1.82, 2.24) is 9.29 Å². The van der Waals surface area contributed by atoms with Crippen LogP contribution in [0.1, 0.15) is 40.9 Å². The molecule has 9 heteroatoms. The lowest BCUT2D eigenvalue weighted by atomic mass is 10.1. The van der Waals surface area contributed by atoms with Gasteiger partial charge in [0, 0.05) is 18.7 Å². The molecule has 0 N–H and O–H groups in total. The average Bonchev–Trinajstić information content (AvgIpc) is 3.28. The van der Waals surface area contributed by atoms with Crippen LogP contribution < -0.4 is 0 Å². The Hall–Kier alpha value is -3.04. The van der Waals surface area contributed by atoms with Crippen LogP contribution >= 0.6 is 0 Å². The maximum atomic E-state index is 14.3. The molecule has 1 aliphatic rings. The van der Waals surface area contributed by atoms with E-state index in [2.05, 4.69) is 4.98 Å². The van der Waals surface area contributed by atoms with Gasteiger partial charge in [-0.05, 0) is 50.1 Å². The second kappa shape index (κ2) is 9.22. The van der Waals surface area contributed by atoms with E-state index in [4.69, 9.17) is 9.15 Å². The summed E-state index contributed by atoms with van der Waals surface area (Å²) in [7, 11) is -4.02. The SMILES string of the molecule is Cc1ccc(-c2nc(COC(=O)c3ccc(F)c(S(=O)(=O)N4CCCCC4)c3)co2)cc1. The van der Waals surface area contributed by atoms with Gasteiger partial charge in [0.05, 0.1) is 5.56 Å². The lowest BCUT2D eigenvalue weighted by Gasteiger charge is -2.26. The molecule has 7 nitrogen and oxygen atoms in total. The van der Waals surface area contributed by atoms with Crippen LogP contribution in [-0.4, -0.2) is 36.8 Å². The highest BCUT2D eigenvalue weighted by molar-refractivity contribution is 7.89. The van der Waals surface area contributed by atoms with E-state index in [-0.39, 0.29) is 12.2 Å². The molecule has 1 aromatic heterocycles. The minimum absolute atomic E-state index is 0.0516. The molecule has 0 radical (unpaired) electrons. The predicted molar refractivity (Wildman–Crippen MR) is 115 cm³/mol. The van der Waals surface area contributed by atoms with Gasteiger partial charge in [0.1, 0.15) is 29.3 Å². The Balaban J connectivity index is 1.46. The highest BCUT2D eigenvalue weighted by Crippen LogP contribution is 2.25. The van der Waals surface area contributed by atoms with Crippen molar-refractivity contribution in [2.75, 3.05) is 13.1 Å². The van der Waals surface area contributed by atoms with Crippen LogP contribution in [0.15, 0.2) is 58.0 Å². The fraction of sp³-hybridized carbons (Fsp3) is 0.304. The summed E-state index contributed by atoms with van der Waals surface area (Å²) in [5, 5.41) is 0. The van der Waals surface area contributed by atoms with Crippen molar-refractivity contribution in [1.29, 1.82) is 0 Å². The van der Waals surface area contributed by atoms with Crippen LogP contribution in [0.4, 0.5) is 4.39 Å². The van der Waals surface area contributed by atoms with E-state index >= 15 is 0 Å². The smallest absolute Gasteiger partial charge is 0.338 e. The van der Waals surface area contributed by atoms with Crippen LogP contribution in [-0.2, 0) is 21.4 Å². The fourth-order valence-corrected chi connectivity index (χ4v) is 5.10. The molecule has 0 atom stereocenters. The van der Waals surface area contributed by atoms with Crippen LogP contribution in [0.3, 0.4) is 0 Å². The first-order chi connectivity index (χ1) is 15.3. The van der Waals surface area contributed by atoms with Gasteiger partial charge in [0.25, 0.3) is 0 Å². The lowest BCUT2D eigenvalue weighted by molar-refractivity contribution is 0.0467. The van der Waals surface area contributed by atoms with E-state index in [1.54, 1.807) is 0 Å². The Morgan fingerprint density at radius 1 is 1.12 bits per heavy atom. The topological polar surface area (TPSA) is 89.7 Å². The van der Waals surface area contributed by atoms with Gasteiger partial charge in [-0.25, -0.2) is 22.6 Å². The molecule has 0 amide bonds. The van der Waals surface area contributed by atoms with Gasteiger partial charge in [0.15, 0.2) is 0 Å². The second-order valence-corrected chi connectivity index (χ2v) is 9.60. The number of rotatable bonds is 6. The quantitative estimate of drug-likeness (QED) is 0.511. The molecule has 1 aliphatic heterocycles. The minimum Gasteiger partial charge on any atom is -0.455 e. The van der Waals surface area contributed by atoms with Crippen LogP contribution in [0, 0.1) is 12.7 Å². The van der Waals surface area contributed by atoms with Gasteiger partial charge in [-0.15, -0.1) is 0 Å². The number of aromatic nitrogens is 1. The molecule has 4 rings (SSSR count). The Kier molecular flexibility index (Phi) is 6.38. The van der Waals surface area contributed by atoms with Crippen LogP contribution in [0.25, 0.3) is 11.5 Å². The van der Waals surface area contributed by atoms with Crippen molar-refractivity contribution in [3.05, 3.63) is 71.4 Å². The Morgan fingerprint density at radius 3 is 2.56 bits per heavy atom. The summed E-state index contributed by atoms with van der Waals surface area (Å²) in [4.78, 5) is 16.3. The number of nitrogens with zero attached hydrogens (tertiary/aromatic N) is 2. The highest BCUT2D eigenvalue weighted by Gasteiger charge is 2.29. The number of ether oxygens (including phenoxy) is 1. The van der Waals surface area contributed by atoms with E-state index in [1.165, 1.54) is 16.6 Å². The maximum absolute atomic E-state index is 14.3. The number of halogens is 1. The van der Waals surface area contributed by atoms with Crippen molar-refractivity contribution in [2.24, 2.45) is 0 Å². The zero-order chi connectivity index (χ0) is 22.7. The molecular formula is C23H23FN2O5S. The molecule has 0 saturated carbocycles. The molecule has 0 aliphatic carbocycles. The summed E-state index contributed by atoms with van der Waals surface area (Å²) in [5.74, 6) is -1.28. The first-order valence-corrected chi connectivity index (χ1v) is 11.8. The van der Waals surface area contributed by atoms with E-state index in [9.17, 15) is 17.6 Å². The molecule has 0 bridgehead atoms. The molecule has 0 spiro atoms. The van der Waals surface area contributed by atoms with Gasteiger partial charge >= 0.3 is 5.97 Å². The van der Waals surface area contributed by atoms with Gasteiger partial charge in [-0.1, -0.05) is 24.1 Å². The summed E-state index contributed by atoms with van der Waals surface area (Å²) in [6.07, 6.45) is 3.78. The number of carbonyl (C=O) groups is 1. The van der Waals surface area contributed by atoms with E-state index in [1.807, 2.05) is 31.2 Å². The summed E-state index contributed by atoms with van der Waals surface area (Å²) in [6.45, 7) is 2.49. The fourth-order valence-electron chi connectivity index (χ4n) is 3.50. The number of piperidine rings is 1. The third-order valence-corrected chi connectivity index (χ3v) is 7.21. The molecule has 1 fully saturated rings. The third kappa shape index (κ3) is 4.73. The lowest BCUT2D eigenvalue weighted by Crippen LogP contribution is -2.36. The number of hydrogen-bond acceptors (Lipinski definition) is 6. The predicted octanol–water partition coefficient (Wildman–Crippen LogP) is 4.32. The summed E-state index contributed by atoms with van der Waals surface area (Å²) >= 11 is 0. The van der Waals surface area contributed by atoms with Gasteiger partial charge in [-0.2, -0.15) is 4.31 Å². The Bertz CT molecular complexity index is 1220. The number of carbonyl (C=O) groups excluding carboxylic acids is 1. The molecule has 1 saturated heterocycles. The Labute approximate surface area is 185 Å². The second-order valence-electron chi connectivity index (χ2n) is 7.70. The first-order valence-electron chi connectivity index (χ1n) is 10.3. The zero-order valence-corrected chi connectivity index (χ0v) is 18.4. The maximum Gasteiger partial charge on any atom is 0.338 e. The Morgan fingerprint density at radius 2 is 1.84 bits per heavy atom. The molecule has 168 valence electrons. The standard InChI is InChI=1S/C23H23FN2O5S/c1-16-5-7-17(8-6-16)22-25-19(14-30-22)15-31-23(27)18-9-10-20(24)21(13-18)32(28,29)26-11-3-2-4-12-26/h5-10,13-14H,2-4,11-12,15H2,1H3. The summed E-state index contributed by atoms with van der Waals surface area (Å²) in [5.41, 5.74) is 2.25. The van der Waals surface area contributed by atoms with Gasteiger partial charge in [0.2, 0.25) is 15.9 Å². The van der Waals surface area contributed by atoms with Crippen molar-refractivity contribution in [3.63, 3.8) is 0 Å². The molecular weight excluding hydrogens is 435 g/mol. The minimum atomic E-state index is -4.02. The number of sulfonamides is 1. The van der Waals surface area contributed by atoms with E-state index in [0.717, 1.165) is 42.5 Å². The number of oxazole rings is 1. The molecule has 32 heavy (non-hydrogen) atoms. The molecule has 3 aromatic rings. The number of esters is 1. The van der Waals surface area contributed by atoms with Gasteiger partial charge in [-0.3, -0.25) is 0 Å². The summed E-state index contributed by atoms with van der Waals surface area (Å²) in [6, 6.07) is 10.8. The van der Waals surface area contributed by atoms with Crippen LogP contribution in [0.5, 0.6) is 0 Å². The molecule has 2 aromatic carbocycles. The molecule has 0 unspecified atom stereocenters. The highest BCUT2D eigenvalue weighted by atomic mass is 32.2. The first kappa shape index (κ1) is 22.2. The van der Waals surface area contributed by atoms with Crippen LogP contribution in [0.2, 0.25) is 0 Å². The number of benzene rings is 2. The zero-order valence-electron chi connectivity index (χ0n) is 17.6. The van der Waals surface area contributed by atoms with Crippen molar-refractivity contribution in [2.45, 2.75) is 37.7 Å². The summed E-state index contributed by atoms with van der Waals surface area (Å²) < 4.78 is 51.9. The number of hydrogen-bond donors (Lipinski definition) is 0.